The van der Waals surface area contributed by atoms with Crippen LogP contribution in [0.15, 0.2) is 84.0 Å². The molecule has 3 aromatic carbocycles. The van der Waals surface area contributed by atoms with Gasteiger partial charge < -0.3 is 4.74 Å². The molecule has 4 rings (SSSR count). The van der Waals surface area contributed by atoms with Gasteiger partial charge in [-0.25, -0.2) is 5.01 Å². The molecule has 5 heteroatoms. The molecule has 27 heavy (non-hydrogen) atoms. The second-order valence-electron chi connectivity index (χ2n) is 6.20. The van der Waals surface area contributed by atoms with Gasteiger partial charge in [0.15, 0.2) is 0 Å². The van der Waals surface area contributed by atoms with E-state index in [1.54, 1.807) is 12.1 Å². The SMILES string of the molecule is O=C1CC(c2ccc(Cl)cc2)=NN1c1ccc(OCc2ccccc2)cc1. The number of hydrazone groups is 1. The number of rotatable bonds is 5. The Hall–Kier alpha value is -3.11. The van der Waals surface area contributed by atoms with Crippen molar-refractivity contribution in [3.8, 4) is 5.75 Å². The molecule has 0 aromatic heterocycles. The van der Waals surface area contributed by atoms with Crippen molar-refractivity contribution in [2.24, 2.45) is 5.10 Å². The van der Waals surface area contributed by atoms with Gasteiger partial charge in [-0.3, -0.25) is 4.79 Å². The van der Waals surface area contributed by atoms with Gasteiger partial charge in [0.25, 0.3) is 5.91 Å². The van der Waals surface area contributed by atoms with Gasteiger partial charge in [0.2, 0.25) is 0 Å². The predicted molar refractivity (Wildman–Crippen MR) is 107 cm³/mol. The lowest BCUT2D eigenvalue weighted by Crippen LogP contribution is -2.19. The standard InChI is InChI=1S/C22H17ClN2O2/c23-18-8-6-17(7-9-18)21-14-22(26)25(24-21)19-10-12-20(13-11-19)27-15-16-4-2-1-3-5-16/h1-13H,14-15H2. The molecule has 0 N–H and O–H groups in total. The van der Waals surface area contributed by atoms with Crippen LogP contribution < -0.4 is 9.75 Å². The first-order chi connectivity index (χ1) is 13.2. The van der Waals surface area contributed by atoms with Crippen molar-refractivity contribution < 1.29 is 9.53 Å². The maximum atomic E-state index is 12.4. The van der Waals surface area contributed by atoms with E-state index in [-0.39, 0.29) is 12.3 Å². The van der Waals surface area contributed by atoms with Crippen LogP contribution in [0.2, 0.25) is 5.02 Å². The molecular weight excluding hydrogens is 360 g/mol. The van der Waals surface area contributed by atoms with Crippen LogP contribution in [-0.2, 0) is 11.4 Å². The highest BCUT2D eigenvalue weighted by molar-refractivity contribution is 6.30. The fourth-order valence-corrected chi connectivity index (χ4v) is 2.98. The molecule has 1 aliphatic heterocycles. The first-order valence-corrected chi connectivity index (χ1v) is 9.00. The Labute approximate surface area is 162 Å². The molecule has 0 saturated heterocycles. The molecule has 0 unspecified atom stereocenters. The van der Waals surface area contributed by atoms with Crippen LogP contribution in [0.4, 0.5) is 5.69 Å². The number of hydrogen-bond donors (Lipinski definition) is 0. The number of nitrogens with zero attached hydrogens (tertiary/aromatic N) is 2. The number of carbonyl (C=O) groups is 1. The van der Waals surface area contributed by atoms with Gasteiger partial charge in [0, 0.05) is 5.02 Å². The van der Waals surface area contributed by atoms with E-state index in [2.05, 4.69) is 5.10 Å². The zero-order valence-corrected chi connectivity index (χ0v) is 15.3. The molecule has 1 heterocycles. The van der Waals surface area contributed by atoms with Crippen molar-refractivity contribution in [3.63, 3.8) is 0 Å². The van der Waals surface area contributed by atoms with E-state index < -0.39 is 0 Å². The fourth-order valence-electron chi connectivity index (χ4n) is 2.86. The topological polar surface area (TPSA) is 41.9 Å². The normalized spacial score (nSPS) is 13.6. The first-order valence-electron chi connectivity index (χ1n) is 8.62. The second-order valence-corrected chi connectivity index (χ2v) is 6.64. The first kappa shape index (κ1) is 17.3. The van der Waals surface area contributed by atoms with Crippen molar-refractivity contribution in [3.05, 3.63) is 95.0 Å². The summed E-state index contributed by atoms with van der Waals surface area (Å²) in [6, 6.07) is 24.7. The smallest absolute Gasteiger partial charge is 0.253 e. The average molecular weight is 377 g/mol. The minimum atomic E-state index is -0.0575. The van der Waals surface area contributed by atoms with Crippen LogP contribution in [0.25, 0.3) is 0 Å². The van der Waals surface area contributed by atoms with Gasteiger partial charge in [-0.1, -0.05) is 54.1 Å². The van der Waals surface area contributed by atoms with Crippen LogP contribution in [0.5, 0.6) is 5.75 Å². The van der Waals surface area contributed by atoms with Gasteiger partial charge in [0.1, 0.15) is 12.4 Å². The largest absolute Gasteiger partial charge is 0.489 e. The summed E-state index contributed by atoms with van der Waals surface area (Å²) in [5.74, 6) is 0.689. The Balaban J connectivity index is 1.46. The summed E-state index contributed by atoms with van der Waals surface area (Å²) in [6.45, 7) is 0.502. The lowest BCUT2D eigenvalue weighted by molar-refractivity contribution is -0.116. The minimum Gasteiger partial charge on any atom is -0.489 e. The van der Waals surface area contributed by atoms with Crippen molar-refractivity contribution in [1.82, 2.24) is 0 Å². The van der Waals surface area contributed by atoms with Crippen LogP contribution >= 0.6 is 11.6 Å². The number of halogens is 1. The zero-order chi connectivity index (χ0) is 18.6. The molecule has 4 nitrogen and oxygen atoms in total. The summed E-state index contributed by atoms with van der Waals surface area (Å²) in [4.78, 5) is 12.4. The van der Waals surface area contributed by atoms with Crippen molar-refractivity contribution in [1.29, 1.82) is 0 Å². The van der Waals surface area contributed by atoms with E-state index >= 15 is 0 Å². The molecule has 134 valence electrons. The summed E-state index contributed by atoms with van der Waals surface area (Å²) < 4.78 is 5.79. The van der Waals surface area contributed by atoms with E-state index in [0.717, 1.165) is 28.3 Å². The zero-order valence-electron chi connectivity index (χ0n) is 14.5. The third-order valence-corrected chi connectivity index (χ3v) is 4.53. The Morgan fingerprint density at radius 3 is 2.33 bits per heavy atom. The molecule has 3 aromatic rings. The predicted octanol–water partition coefficient (Wildman–Crippen LogP) is 5.06. The molecule has 0 saturated carbocycles. The molecule has 0 spiro atoms. The molecule has 0 aliphatic carbocycles. The summed E-state index contributed by atoms with van der Waals surface area (Å²) in [6.07, 6.45) is 0.272. The van der Waals surface area contributed by atoms with E-state index in [1.807, 2.05) is 66.7 Å². The number of amides is 1. The fraction of sp³-hybridized carbons (Fsp3) is 0.0909. The summed E-state index contributed by atoms with van der Waals surface area (Å²) in [7, 11) is 0. The molecular formula is C22H17ClN2O2. The Morgan fingerprint density at radius 2 is 1.63 bits per heavy atom. The van der Waals surface area contributed by atoms with Crippen LogP contribution in [0.1, 0.15) is 17.5 Å². The van der Waals surface area contributed by atoms with Crippen LogP contribution in [0, 0.1) is 0 Å². The highest BCUT2D eigenvalue weighted by Crippen LogP contribution is 2.26. The van der Waals surface area contributed by atoms with Crippen molar-refractivity contribution in [2.75, 3.05) is 5.01 Å². The number of ether oxygens (including phenoxy) is 1. The molecule has 1 amide bonds. The van der Waals surface area contributed by atoms with Gasteiger partial charge in [-0.05, 0) is 47.5 Å². The monoisotopic (exact) mass is 376 g/mol. The van der Waals surface area contributed by atoms with E-state index in [0.29, 0.717) is 11.6 Å². The van der Waals surface area contributed by atoms with Crippen LogP contribution in [0.3, 0.4) is 0 Å². The number of carbonyl (C=O) groups excluding carboxylic acids is 1. The molecule has 1 aliphatic rings. The summed E-state index contributed by atoms with van der Waals surface area (Å²) in [5.41, 5.74) is 3.46. The Kier molecular flexibility index (Phi) is 4.90. The van der Waals surface area contributed by atoms with Gasteiger partial charge >= 0.3 is 0 Å². The maximum absolute atomic E-state index is 12.4. The lowest BCUT2D eigenvalue weighted by atomic mass is 10.1. The number of benzene rings is 3. The van der Waals surface area contributed by atoms with E-state index in [1.165, 1.54) is 5.01 Å². The average Bonchev–Trinajstić information content (AvgIpc) is 3.10. The summed E-state index contributed by atoms with van der Waals surface area (Å²) in [5, 5.41) is 6.57. The van der Waals surface area contributed by atoms with Gasteiger partial charge in [-0.15, -0.1) is 0 Å². The van der Waals surface area contributed by atoms with E-state index in [4.69, 9.17) is 16.3 Å². The van der Waals surface area contributed by atoms with Crippen molar-refractivity contribution >= 4 is 28.9 Å². The minimum absolute atomic E-state index is 0.0575. The third kappa shape index (κ3) is 4.01. The van der Waals surface area contributed by atoms with Crippen molar-refractivity contribution in [2.45, 2.75) is 13.0 Å². The Bertz CT molecular complexity index is 967. The lowest BCUT2D eigenvalue weighted by Gasteiger charge is -2.12. The van der Waals surface area contributed by atoms with E-state index in [9.17, 15) is 4.79 Å². The van der Waals surface area contributed by atoms with Crippen LogP contribution in [-0.4, -0.2) is 11.6 Å². The second kappa shape index (κ2) is 7.64. The van der Waals surface area contributed by atoms with Gasteiger partial charge in [-0.2, -0.15) is 5.10 Å². The number of hydrogen-bond acceptors (Lipinski definition) is 3. The quantitative estimate of drug-likeness (QED) is 0.624. The molecule has 0 atom stereocenters. The molecule has 0 fully saturated rings. The maximum Gasteiger partial charge on any atom is 0.253 e. The highest BCUT2D eigenvalue weighted by Gasteiger charge is 2.26. The number of anilines is 1. The Morgan fingerprint density at radius 1 is 0.926 bits per heavy atom. The third-order valence-electron chi connectivity index (χ3n) is 4.28. The highest BCUT2D eigenvalue weighted by atomic mass is 35.5. The molecule has 0 radical (unpaired) electrons. The van der Waals surface area contributed by atoms with Gasteiger partial charge in [0.05, 0.1) is 17.8 Å². The summed E-state index contributed by atoms with van der Waals surface area (Å²) >= 11 is 5.92. The molecule has 0 bridgehead atoms.